The van der Waals surface area contributed by atoms with Crippen LogP contribution >= 0.6 is 0 Å². The Kier molecular flexibility index (Phi) is 4.01. The molecule has 1 unspecified atom stereocenters. The minimum Gasteiger partial charge on any atom is -0.368 e. The molecule has 0 spiro atoms. The summed E-state index contributed by atoms with van der Waals surface area (Å²) in [7, 11) is 0. The number of hydrogen-bond donors (Lipinski definition) is 1. The third-order valence-electron chi connectivity index (χ3n) is 3.59. The molecule has 1 aliphatic rings. The van der Waals surface area contributed by atoms with Gasteiger partial charge in [-0.05, 0) is 39.2 Å². The Morgan fingerprint density at radius 3 is 2.83 bits per heavy atom. The van der Waals surface area contributed by atoms with Crippen LogP contribution in [0.1, 0.15) is 29.8 Å². The van der Waals surface area contributed by atoms with E-state index in [1.807, 2.05) is 11.6 Å². The fourth-order valence-corrected chi connectivity index (χ4v) is 2.19. The number of amides is 1. The average molecular weight is 251 g/mol. The Morgan fingerprint density at radius 1 is 1.50 bits per heavy atom. The molecule has 5 heteroatoms. The summed E-state index contributed by atoms with van der Waals surface area (Å²) in [6.07, 6.45) is 1.58. The molecule has 1 atom stereocenters. The van der Waals surface area contributed by atoms with Crippen LogP contribution in [0.3, 0.4) is 0 Å². The van der Waals surface area contributed by atoms with Crippen LogP contribution in [0.15, 0.2) is 0 Å². The van der Waals surface area contributed by atoms with Crippen LogP contribution in [0, 0.1) is 20.8 Å². The first-order valence-electron chi connectivity index (χ1n) is 6.49. The van der Waals surface area contributed by atoms with Crippen LogP contribution in [-0.4, -0.2) is 34.9 Å². The number of nitrogens with one attached hydrogen (secondary N) is 1. The van der Waals surface area contributed by atoms with Crippen LogP contribution in [0.4, 0.5) is 0 Å². The zero-order valence-corrected chi connectivity index (χ0v) is 11.3. The fourth-order valence-electron chi connectivity index (χ4n) is 2.19. The monoisotopic (exact) mass is 251 g/mol. The van der Waals surface area contributed by atoms with Crippen molar-refractivity contribution in [2.45, 2.75) is 46.3 Å². The molecule has 0 aromatic carbocycles. The Morgan fingerprint density at radius 2 is 2.28 bits per heavy atom. The van der Waals surface area contributed by atoms with Crippen LogP contribution in [0.5, 0.6) is 0 Å². The highest BCUT2D eigenvalue weighted by atomic mass is 16.5. The summed E-state index contributed by atoms with van der Waals surface area (Å²) in [5, 5.41) is 7.34. The predicted molar refractivity (Wildman–Crippen MR) is 68.4 cm³/mol. The third kappa shape index (κ3) is 2.72. The van der Waals surface area contributed by atoms with Gasteiger partial charge in [-0.15, -0.1) is 0 Å². The SMILES string of the molecule is Cc1nn(CCNC(=O)C2CCCO2)c(C)c1C. The molecule has 1 saturated heterocycles. The molecule has 5 nitrogen and oxygen atoms in total. The Hall–Kier alpha value is -1.36. The molecular formula is C13H21N3O2. The third-order valence-corrected chi connectivity index (χ3v) is 3.59. The zero-order chi connectivity index (χ0) is 13.1. The van der Waals surface area contributed by atoms with Crippen molar-refractivity contribution in [2.24, 2.45) is 0 Å². The van der Waals surface area contributed by atoms with Crippen molar-refractivity contribution in [1.29, 1.82) is 0 Å². The lowest BCUT2D eigenvalue weighted by molar-refractivity contribution is -0.130. The number of aryl methyl sites for hydroxylation is 1. The second-order valence-electron chi connectivity index (χ2n) is 4.81. The lowest BCUT2D eigenvalue weighted by Gasteiger charge is -2.11. The summed E-state index contributed by atoms with van der Waals surface area (Å²) in [5.41, 5.74) is 3.44. The van der Waals surface area contributed by atoms with Gasteiger partial charge >= 0.3 is 0 Å². The molecule has 18 heavy (non-hydrogen) atoms. The first-order valence-corrected chi connectivity index (χ1v) is 6.49. The highest BCUT2D eigenvalue weighted by molar-refractivity contribution is 5.80. The molecule has 0 radical (unpaired) electrons. The van der Waals surface area contributed by atoms with Gasteiger partial charge in [0, 0.05) is 18.8 Å². The van der Waals surface area contributed by atoms with E-state index < -0.39 is 0 Å². The van der Waals surface area contributed by atoms with Crippen molar-refractivity contribution < 1.29 is 9.53 Å². The van der Waals surface area contributed by atoms with Crippen LogP contribution < -0.4 is 5.32 Å². The summed E-state index contributed by atoms with van der Waals surface area (Å²) in [4.78, 5) is 11.7. The van der Waals surface area contributed by atoms with E-state index in [-0.39, 0.29) is 12.0 Å². The first-order chi connectivity index (χ1) is 8.59. The first kappa shape index (κ1) is 13.1. The topological polar surface area (TPSA) is 56.2 Å². The van der Waals surface area contributed by atoms with E-state index in [0.29, 0.717) is 19.7 Å². The lowest BCUT2D eigenvalue weighted by atomic mass is 10.2. The van der Waals surface area contributed by atoms with E-state index in [4.69, 9.17) is 4.74 Å². The number of carbonyl (C=O) groups excluding carboxylic acids is 1. The maximum atomic E-state index is 11.7. The van der Waals surface area contributed by atoms with Gasteiger partial charge < -0.3 is 10.1 Å². The maximum Gasteiger partial charge on any atom is 0.249 e. The van der Waals surface area contributed by atoms with Gasteiger partial charge in [-0.3, -0.25) is 9.48 Å². The van der Waals surface area contributed by atoms with Gasteiger partial charge in [0.25, 0.3) is 0 Å². The van der Waals surface area contributed by atoms with E-state index in [2.05, 4.69) is 24.3 Å². The van der Waals surface area contributed by atoms with Crippen molar-refractivity contribution >= 4 is 5.91 Å². The maximum absolute atomic E-state index is 11.7. The van der Waals surface area contributed by atoms with Crippen molar-refractivity contribution in [2.75, 3.05) is 13.2 Å². The molecule has 0 bridgehead atoms. The Labute approximate surface area is 108 Å². The summed E-state index contributed by atoms with van der Waals surface area (Å²) in [6, 6.07) is 0. The number of rotatable bonds is 4. The molecule has 1 fully saturated rings. The number of carbonyl (C=O) groups is 1. The van der Waals surface area contributed by atoms with E-state index >= 15 is 0 Å². The predicted octanol–water partition coefficient (Wildman–Crippen LogP) is 1.10. The summed E-state index contributed by atoms with van der Waals surface area (Å²) >= 11 is 0. The van der Waals surface area contributed by atoms with Crippen molar-refractivity contribution in [1.82, 2.24) is 15.1 Å². The minimum absolute atomic E-state index is 0.00533. The Balaban J connectivity index is 1.81. The van der Waals surface area contributed by atoms with Gasteiger partial charge in [0.1, 0.15) is 6.10 Å². The molecule has 100 valence electrons. The number of ether oxygens (including phenoxy) is 1. The normalized spacial score (nSPS) is 19.2. The van der Waals surface area contributed by atoms with Crippen LogP contribution in [-0.2, 0) is 16.1 Å². The average Bonchev–Trinajstić information content (AvgIpc) is 2.95. The van der Waals surface area contributed by atoms with Gasteiger partial charge in [0.15, 0.2) is 0 Å². The second kappa shape index (κ2) is 5.52. The molecule has 0 aliphatic carbocycles. The van der Waals surface area contributed by atoms with E-state index in [1.165, 1.54) is 11.3 Å². The highest BCUT2D eigenvalue weighted by Gasteiger charge is 2.22. The molecule has 2 rings (SSSR count). The van der Waals surface area contributed by atoms with Crippen LogP contribution in [0.2, 0.25) is 0 Å². The Bertz CT molecular complexity index is 434. The van der Waals surface area contributed by atoms with Crippen LogP contribution in [0.25, 0.3) is 0 Å². The van der Waals surface area contributed by atoms with Gasteiger partial charge in [-0.2, -0.15) is 5.10 Å². The highest BCUT2D eigenvalue weighted by Crippen LogP contribution is 2.12. The van der Waals surface area contributed by atoms with Crippen molar-refractivity contribution in [3.05, 3.63) is 17.0 Å². The van der Waals surface area contributed by atoms with Gasteiger partial charge in [0.05, 0.1) is 12.2 Å². The summed E-state index contributed by atoms with van der Waals surface area (Å²) in [6.45, 7) is 8.13. The van der Waals surface area contributed by atoms with E-state index in [1.54, 1.807) is 0 Å². The number of nitrogens with zero attached hydrogens (tertiary/aromatic N) is 2. The molecule has 1 amide bonds. The van der Waals surface area contributed by atoms with E-state index in [9.17, 15) is 4.79 Å². The summed E-state index contributed by atoms with van der Waals surface area (Å²) < 4.78 is 7.27. The second-order valence-corrected chi connectivity index (χ2v) is 4.81. The van der Waals surface area contributed by atoms with Gasteiger partial charge in [0.2, 0.25) is 5.91 Å². The van der Waals surface area contributed by atoms with Crippen molar-refractivity contribution in [3.8, 4) is 0 Å². The smallest absolute Gasteiger partial charge is 0.249 e. The summed E-state index contributed by atoms with van der Waals surface area (Å²) in [5.74, 6) is 0.00533. The lowest BCUT2D eigenvalue weighted by Crippen LogP contribution is -2.36. The minimum atomic E-state index is -0.243. The molecular weight excluding hydrogens is 230 g/mol. The van der Waals surface area contributed by atoms with E-state index in [0.717, 1.165) is 18.5 Å². The zero-order valence-electron chi connectivity index (χ0n) is 11.3. The molecule has 0 saturated carbocycles. The molecule has 1 aromatic rings. The van der Waals surface area contributed by atoms with Crippen molar-refractivity contribution in [3.63, 3.8) is 0 Å². The quantitative estimate of drug-likeness (QED) is 0.872. The fraction of sp³-hybridized carbons (Fsp3) is 0.692. The molecule has 1 aliphatic heterocycles. The van der Waals surface area contributed by atoms with Gasteiger partial charge in [-0.25, -0.2) is 0 Å². The van der Waals surface area contributed by atoms with Gasteiger partial charge in [-0.1, -0.05) is 0 Å². The molecule has 2 heterocycles. The standard InChI is InChI=1S/C13H21N3O2/c1-9-10(2)15-16(11(9)3)7-6-14-13(17)12-5-4-8-18-12/h12H,4-8H2,1-3H3,(H,14,17). The molecule has 1 N–H and O–H groups in total. The molecule has 1 aromatic heterocycles. The largest absolute Gasteiger partial charge is 0.368 e. The number of aromatic nitrogens is 2. The number of hydrogen-bond acceptors (Lipinski definition) is 3.